The maximum absolute atomic E-state index is 11.7. The molecule has 0 radical (unpaired) electrons. The van der Waals surface area contributed by atoms with Crippen molar-refractivity contribution in [2.75, 3.05) is 21.3 Å². The molecule has 1 amide bonds. The molecule has 16 heavy (non-hydrogen) atoms. The van der Waals surface area contributed by atoms with Gasteiger partial charge in [0.1, 0.15) is 0 Å². The predicted octanol–water partition coefficient (Wildman–Crippen LogP) is 0.925. The van der Waals surface area contributed by atoms with Gasteiger partial charge in [-0.15, -0.1) is 0 Å². The zero-order valence-corrected chi connectivity index (χ0v) is 11.0. The minimum absolute atomic E-state index is 0.0848. The monoisotopic (exact) mass is 233 g/mol. The van der Waals surface area contributed by atoms with Crippen LogP contribution in [0.2, 0.25) is 0 Å². The Morgan fingerprint density at radius 1 is 1.25 bits per heavy atom. The highest BCUT2D eigenvalue weighted by atomic mass is 16.7. The third-order valence-corrected chi connectivity index (χ3v) is 2.40. The summed E-state index contributed by atoms with van der Waals surface area (Å²) in [6, 6.07) is -0.199. The fourth-order valence-electron chi connectivity index (χ4n) is 1.34. The van der Waals surface area contributed by atoms with E-state index in [1.54, 1.807) is 7.11 Å². The summed E-state index contributed by atoms with van der Waals surface area (Å²) in [6.07, 6.45) is -0.136. The summed E-state index contributed by atoms with van der Waals surface area (Å²) in [5.41, 5.74) is -0.459. The molecule has 1 N–H and O–H groups in total. The minimum Gasteiger partial charge on any atom is -0.378 e. The van der Waals surface area contributed by atoms with Crippen LogP contribution in [0.1, 0.15) is 27.2 Å². The molecule has 0 aromatic heterocycles. The molecule has 0 heterocycles. The second-order valence-electron chi connectivity index (χ2n) is 4.34. The molecule has 0 aromatic carbocycles. The van der Waals surface area contributed by atoms with Crippen molar-refractivity contribution in [3.05, 3.63) is 0 Å². The lowest BCUT2D eigenvalue weighted by molar-refractivity contribution is -0.139. The van der Waals surface area contributed by atoms with Crippen LogP contribution in [0.3, 0.4) is 0 Å². The van der Waals surface area contributed by atoms with Gasteiger partial charge in [0.15, 0.2) is 6.29 Å². The van der Waals surface area contributed by atoms with E-state index in [9.17, 15) is 4.79 Å². The lowest BCUT2D eigenvalue weighted by Gasteiger charge is -2.26. The molecule has 0 rings (SSSR count). The molecule has 5 heteroatoms. The van der Waals surface area contributed by atoms with Crippen molar-refractivity contribution in [2.45, 2.75) is 45.1 Å². The molecular formula is C11H23NO4. The second-order valence-corrected chi connectivity index (χ2v) is 4.34. The third-order valence-electron chi connectivity index (χ3n) is 2.40. The van der Waals surface area contributed by atoms with Gasteiger partial charge < -0.3 is 19.5 Å². The summed E-state index contributed by atoms with van der Waals surface area (Å²) in [4.78, 5) is 11.7. The summed E-state index contributed by atoms with van der Waals surface area (Å²) in [6.45, 7) is 5.55. The van der Waals surface area contributed by atoms with Crippen LogP contribution in [-0.4, -0.2) is 45.2 Å². The normalized spacial score (nSPS) is 13.9. The number of ether oxygens (including phenoxy) is 3. The van der Waals surface area contributed by atoms with Crippen molar-refractivity contribution >= 4 is 5.91 Å². The molecular weight excluding hydrogens is 210 g/mol. The Morgan fingerprint density at radius 2 is 1.75 bits per heavy atom. The molecule has 0 aliphatic rings. The molecule has 0 spiro atoms. The van der Waals surface area contributed by atoms with Gasteiger partial charge in [0.05, 0.1) is 18.1 Å². The van der Waals surface area contributed by atoms with Crippen molar-refractivity contribution in [1.29, 1.82) is 0 Å². The van der Waals surface area contributed by atoms with E-state index in [1.807, 2.05) is 20.8 Å². The number of carbonyl (C=O) groups excluding carboxylic acids is 1. The summed E-state index contributed by atoms with van der Waals surface area (Å²) in [7, 11) is 4.66. The molecule has 1 unspecified atom stereocenters. The van der Waals surface area contributed by atoms with Crippen LogP contribution in [-0.2, 0) is 19.0 Å². The Hall–Kier alpha value is -0.650. The first-order valence-corrected chi connectivity index (χ1v) is 5.26. The van der Waals surface area contributed by atoms with Gasteiger partial charge in [0, 0.05) is 21.3 Å². The third kappa shape index (κ3) is 5.44. The molecule has 1 atom stereocenters. The van der Waals surface area contributed by atoms with Crippen molar-refractivity contribution in [3.8, 4) is 0 Å². The number of carbonyl (C=O) groups is 1. The number of nitrogens with one attached hydrogen (secondary N) is 1. The first-order valence-electron chi connectivity index (χ1n) is 5.26. The van der Waals surface area contributed by atoms with E-state index in [1.165, 1.54) is 14.2 Å². The Bertz CT molecular complexity index is 214. The highest BCUT2D eigenvalue weighted by Crippen LogP contribution is 2.12. The van der Waals surface area contributed by atoms with E-state index < -0.39 is 11.9 Å². The van der Waals surface area contributed by atoms with E-state index in [4.69, 9.17) is 14.2 Å². The topological polar surface area (TPSA) is 56.8 Å². The van der Waals surface area contributed by atoms with Crippen LogP contribution in [0, 0.1) is 0 Å². The Labute approximate surface area is 97.4 Å². The molecule has 96 valence electrons. The van der Waals surface area contributed by atoms with Crippen LogP contribution < -0.4 is 5.32 Å². The van der Waals surface area contributed by atoms with Gasteiger partial charge in [-0.1, -0.05) is 0 Å². The van der Waals surface area contributed by atoms with Crippen molar-refractivity contribution in [2.24, 2.45) is 0 Å². The van der Waals surface area contributed by atoms with E-state index in [0.717, 1.165) is 0 Å². The van der Waals surface area contributed by atoms with Gasteiger partial charge >= 0.3 is 0 Å². The molecule has 0 saturated carbocycles. The van der Waals surface area contributed by atoms with Gasteiger partial charge in [-0.2, -0.15) is 0 Å². The number of rotatable bonds is 7. The summed E-state index contributed by atoms with van der Waals surface area (Å²) < 4.78 is 15.3. The molecule has 5 nitrogen and oxygen atoms in total. The number of hydrogen-bond donors (Lipinski definition) is 1. The first-order chi connectivity index (χ1) is 7.36. The van der Waals surface area contributed by atoms with Crippen LogP contribution in [0.5, 0.6) is 0 Å². The van der Waals surface area contributed by atoms with Crippen molar-refractivity contribution < 1.29 is 19.0 Å². The number of hydrogen-bond acceptors (Lipinski definition) is 4. The maximum Gasteiger partial charge on any atom is 0.223 e. The second kappa shape index (κ2) is 6.83. The maximum atomic E-state index is 11.7. The minimum atomic E-state index is -0.459. The van der Waals surface area contributed by atoms with E-state index in [-0.39, 0.29) is 11.9 Å². The van der Waals surface area contributed by atoms with Gasteiger partial charge in [-0.3, -0.25) is 4.79 Å². The van der Waals surface area contributed by atoms with Gasteiger partial charge in [0.25, 0.3) is 0 Å². The standard InChI is InChI=1S/C11H23NO4/c1-8(10(14-4)15-5)12-9(13)7-11(2,3)16-6/h8,10H,7H2,1-6H3,(H,12,13). The first kappa shape index (κ1) is 15.3. The quantitative estimate of drug-likeness (QED) is 0.664. The fraction of sp³-hybridized carbons (Fsp3) is 0.909. The smallest absolute Gasteiger partial charge is 0.223 e. The largest absolute Gasteiger partial charge is 0.378 e. The molecule has 0 saturated heterocycles. The Balaban J connectivity index is 4.14. The average molecular weight is 233 g/mol. The fourth-order valence-corrected chi connectivity index (χ4v) is 1.34. The molecule has 0 aromatic rings. The average Bonchev–Trinajstić information content (AvgIpc) is 2.18. The summed E-state index contributed by atoms with van der Waals surface area (Å²) in [5.74, 6) is -0.0848. The summed E-state index contributed by atoms with van der Waals surface area (Å²) >= 11 is 0. The zero-order chi connectivity index (χ0) is 12.8. The van der Waals surface area contributed by atoms with Gasteiger partial charge in [-0.05, 0) is 20.8 Å². The van der Waals surface area contributed by atoms with Crippen LogP contribution >= 0.6 is 0 Å². The lowest BCUT2D eigenvalue weighted by atomic mass is 10.0. The predicted molar refractivity (Wildman–Crippen MR) is 61.1 cm³/mol. The summed E-state index contributed by atoms with van der Waals surface area (Å²) in [5, 5.41) is 2.80. The highest BCUT2D eigenvalue weighted by molar-refractivity contribution is 5.77. The van der Waals surface area contributed by atoms with Gasteiger partial charge in [0.2, 0.25) is 5.91 Å². The molecule has 0 fully saturated rings. The van der Waals surface area contributed by atoms with Crippen LogP contribution in [0.4, 0.5) is 0 Å². The molecule has 0 aliphatic carbocycles. The van der Waals surface area contributed by atoms with E-state index in [2.05, 4.69) is 5.32 Å². The SMILES string of the molecule is COC(OC)C(C)NC(=O)CC(C)(C)OC. The zero-order valence-electron chi connectivity index (χ0n) is 11.0. The number of methoxy groups -OCH3 is 3. The molecule has 0 bridgehead atoms. The van der Waals surface area contributed by atoms with Crippen molar-refractivity contribution in [3.63, 3.8) is 0 Å². The number of amides is 1. The molecule has 0 aliphatic heterocycles. The van der Waals surface area contributed by atoms with E-state index in [0.29, 0.717) is 6.42 Å². The highest BCUT2D eigenvalue weighted by Gasteiger charge is 2.24. The van der Waals surface area contributed by atoms with Crippen LogP contribution in [0.25, 0.3) is 0 Å². The van der Waals surface area contributed by atoms with Crippen LogP contribution in [0.15, 0.2) is 0 Å². The lowest BCUT2D eigenvalue weighted by Crippen LogP contribution is -2.45. The Morgan fingerprint density at radius 3 is 2.12 bits per heavy atom. The van der Waals surface area contributed by atoms with E-state index >= 15 is 0 Å². The van der Waals surface area contributed by atoms with Crippen molar-refractivity contribution in [1.82, 2.24) is 5.32 Å². The Kier molecular flexibility index (Phi) is 6.55. The van der Waals surface area contributed by atoms with Gasteiger partial charge in [-0.25, -0.2) is 0 Å².